The third kappa shape index (κ3) is 6.17. The minimum atomic E-state index is -0.459. The Hall–Kier alpha value is -1.86. The van der Waals surface area contributed by atoms with Crippen molar-refractivity contribution in [2.75, 3.05) is 11.9 Å². The molecule has 8 heteroatoms. The van der Waals surface area contributed by atoms with Crippen LogP contribution < -0.4 is 15.4 Å². The molecular weight excluding hydrogens is 365 g/mol. The van der Waals surface area contributed by atoms with Gasteiger partial charge in [-0.2, -0.15) is 0 Å². The summed E-state index contributed by atoms with van der Waals surface area (Å²) in [4.78, 5) is 16.3. The smallest absolute Gasteiger partial charge is 0.241 e. The highest BCUT2D eigenvalue weighted by molar-refractivity contribution is 5.95. The summed E-state index contributed by atoms with van der Waals surface area (Å²) in [5, 5.41) is 15.3. The Morgan fingerprint density at radius 2 is 2.12 bits per heavy atom. The van der Waals surface area contributed by atoms with Crippen LogP contribution in [-0.4, -0.2) is 34.7 Å². The number of carbonyl (C=O) groups is 1. The Labute approximate surface area is 158 Å². The summed E-state index contributed by atoms with van der Waals surface area (Å²) < 4.78 is 5.69. The van der Waals surface area contributed by atoms with Crippen molar-refractivity contribution in [1.29, 1.82) is 0 Å². The fraction of sp³-hybridized carbons (Fsp3) is 0.294. The Kier molecular flexibility index (Phi) is 8.65. The molecule has 0 spiro atoms. The van der Waals surface area contributed by atoms with E-state index in [1.165, 1.54) is 0 Å². The van der Waals surface area contributed by atoms with Crippen LogP contribution in [0.3, 0.4) is 0 Å². The summed E-state index contributed by atoms with van der Waals surface area (Å²) in [6.07, 6.45) is 1.69. The van der Waals surface area contributed by atoms with Crippen LogP contribution in [0.2, 0.25) is 0 Å². The van der Waals surface area contributed by atoms with Gasteiger partial charge in [-0.25, -0.2) is 0 Å². The molecule has 3 N–H and O–H groups in total. The van der Waals surface area contributed by atoms with Crippen LogP contribution >= 0.6 is 24.8 Å². The quantitative estimate of drug-likeness (QED) is 0.734. The first-order valence-corrected chi connectivity index (χ1v) is 7.56. The van der Waals surface area contributed by atoms with Gasteiger partial charge in [0.05, 0.1) is 17.8 Å². The predicted octanol–water partition coefficient (Wildman–Crippen LogP) is 2.17. The number of hydrogen-bond acceptors (Lipinski definition) is 5. The van der Waals surface area contributed by atoms with Crippen LogP contribution in [0.1, 0.15) is 12.1 Å². The van der Waals surface area contributed by atoms with E-state index >= 15 is 0 Å². The standard InChI is InChI=1S/C17H19N3O3.2ClH/c21-14-9-16(19-10-14)17(22)20-12-5-3-6-15(8-12)23-11-13-4-1-2-7-18-13;;/h1-8,14,16,19,21H,9-11H2,(H,20,22);2*1H. The molecule has 0 radical (unpaired) electrons. The molecule has 25 heavy (non-hydrogen) atoms. The maximum Gasteiger partial charge on any atom is 0.241 e. The number of pyridine rings is 1. The lowest BCUT2D eigenvalue weighted by molar-refractivity contribution is -0.117. The van der Waals surface area contributed by atoms with Crippen LogP contribution in [-0.2, 0) is 11.4 Å². The first-order valence-electron chi connectivity index (χ1n) is 7.56. The van der Waals surface area contributed by atoms with Crippen LogP contribution in [0.4, 0.5) is 5.69 Å². The third-order valence-corrected chi connectivity index (χ3v) is 3.64. The summed E-state index contributed by atoms with van der Waals surface area (Å²) in [7, 11) is 0. The summed E-state index contributed by atoms with van der Waals surface area (Å²) in [6, 6.07) is 12.5. The number of halogens is 2. The molecule has 6 nitrogen and oxygen atoms in total. The number of amides is 1. The van der Waals surface area contributed by atoms with E-state index in [1.54, 1.807) is 18.3 Å². The molecule has 1 aliphatic rings. The Bertz CT molecular complexity index is 673. The fourth-order valence-corrected chi connectivity index (χ4v) is 2.45. The zero-order valence-electron chi connectivity index (χ0n) is 13.4. The van der Waals surface area contributed by atoms with Crippen molar-refractivity contribution in [3.8, 4) is 5.75 Å². The van der Waals surface area contributed by atoms with Gasteiger partial charge >= 0.3 is 0 Å². The highest BCUT2D eigenvalue weighted by Crippen LogP contribution is 2.19. The van der Waals surface area contributed by atoms with Crippen LogP contribution in [0.15, 0.2) is 48.7 Å². The number of aliphatic hydroxyl groups excluding tert-OH is 1. The first-order chi connectivity index (χ1) is 11.2. The van der Waals surface area contributed by atoms with E-state index < -0.39 is 6.10 Å². The number of ether oxygens (including phenoxy) is 1. The summed E-state index contributed by atoms with van der Waals surface area (Å²) in [5.41, 5.74) is 1.50. The largest absolute Gasteiger partial charge is 0.487 e. The van der Waals surface area contributed by atoms with Crippen LogP contribution in [0.5, 0.6) is 5.75 Å². The number of benzene rings is 1. The summed E-state index contributed by atoms with van der Waals surface area (Å²) in [6.45, 7) is 0.819. The Morgan fingerprint density at radius 3 is 2.80 bits per heavy atom. The number of aromatic nitrogens is 1. The van der Waals surface area contributed by atoms with Crippen LogP contribution in [0.25, 0.3) is 0 Å². The van der Waals surface area contributed by atoms with Crippen molar-refractivity contribution in [2.45, 2.75) is 25.2 Å². The average molecular weight is 386 g/mol. The topological polar surface area (TPSA) is 83.5 Å². The second-order valence-electron chi connectivity index (χ2n) is 5.48. The van der Waals surface area contributed by atoms with E-state index in [0.29, 0.717) is 31.0 Å². The normalized spacial score (nSPS) is 18.6. The number of carbonyl (C=O) groups excluding carboxylic acids is 1. The number of hydrogen-bond donors (Lipinski definition) is 3. The maximum atomic E-state index is 12.1. The highest BCUT2D eigenvalue weighted by atomic mass is 35.5. The molecule has 1 amide bonds. The van der Waals surface area contributed by atoms with E-state index in [9.17, 15) is 9.90 Å². The summed E-state index contributed by atoms with van der Waals surface area (Å²) in [5.74, 6) is 0.510. The van der Waals surface area contributed by atoms with Gasteiger partial charge in [0, 0.05) is 24.5 Å². The van der Waals surface area contributed by atoms with Crippen molar-refractivity contribution in [1.82, 2.24) is 10.3 Å². The molecule has 0 bridgehead atoms. The summed E-state index contributed by atoms with van der Waals surface area (Å²) >= 11 is 0. The molecule has 136 valence electrons. The second kappa shape index (κ2) is 10.2. The average Bonchev–Trinajstić information content (AvgIpc) is 3.01. The van der Waals surface area contributed by atoms with Crippen molar-refractivity contribution >= 4 is 36.4 Å². The lowest BCUT2D eigenvalue weighted by atomic mass is 10.2. The zero-order valence-corrected chi connectivity index (χ0v) is 15.1. The molecule has 0 saturated carbocycles. The first kappa shape index (κ1) is 21.2. The monoisotopic (exact) mass is 385 g/mol. The Balaban J connectivity index is 0.00000156. The van der Waals surface area contributed by atoms with Gasteiger partial charge in [0.1, 0.15) is 12.4 Å². The van der Waals surface area contributed by atoms with Crippen molar-refractivity contribution in [2.24, 2.45) is 0 Å². The van der Waals surface area contributed by atoms with E-state index in [-0.39, 0.29) is 36.8 Å². The fourth-order valence-electron chi connectivity index (χ4n) is 2.45. The number of nitrogens with zero attached hydrogens (tertiary/aromatic N) is 1. The molecular formula is C17H21Cl2N3O3. The Morgan fingerprint density at radius 1 is 1.28 bits per heavy atom. The third-order valence-electron chi connectivity index (χ3n) is 3.64. The van der Waals surface area contributed by atoms with Gasteiger partial charge in [-0.05, 0) is 30.7 Å². The molecule has 1 saturated heterocycles. The lowest BCUT2D eigenvalue weighted by Crippen LogP contribution is -2.35. The van der Waals surface area contributed by atoms with Gasteiger partial charge in [-0.15, -0.1) is 24.8 Å². The highest BCUT2D eigenvalue weighted by Gasteiger charge is 2.27. The van der Waals surface area contributed by atoms with Crippen LogP contribution in [0, 0.1) is 0 Å². The number of aliphatic hydroxyl groups is 1. The molecule has 2 aromatic rings. The lowest BCUT2D eigenvalue weighted by Gasteiger charge is -2.12. The molecule has 2 unspecified atom stereocenters. The number of β-amino-alcohol motifs (C(OH)–C–C–N with tert-alkyl or cyclic N) is 1. The van der Waals surface area contributed by atoms with E-state index in [0.717, 1.165) is 5.69 Å². The molecule has 1 aliphatic heterocycles. The maximum absolute atomic E-state index is 12.1. The SMILES string of the molecule is Cl.Cl.O=C(Nc1cccc(OCc2ccccn2)c1)C1CC(O)CN1. The van der Waals surface area contributed by atoms with Crippen molar-refractivity contribution in [3.05, 3.63) is 54.4 Å². The van der Waals surface area contributed by atoms with Crippen molar-refractivity contribution < 1.29 is 14.6 Å². The molecule has 1 aromatic heterocycles. The van der Waals surface area contributed by atoms with E-state index in [2.05, 4.69) is 15.6 Å². The predicted molar refractivity (Wildman–Crippen MR) is 101 cm³/mol. The van der Waals surface area contributed by atoms with E-state index in [4.69, 9.17) is 4.74 Å². The van der Waals surface area contributed by atoms with Gasteiger partial charge in [0.25, 0.3) is 0 Å². The molecule has 3 rings (SSSR count). The van der Waals surface area contributed by atoms with Crippen molar-refractivity contribution in [3.63, 3.8) is 0 Å². The van der Waals surface area contributed by atoms with Gasteiger partial charge in [-0.3, -0.25) is 9.78 Å². The number of rotatable bonds is 5. The van der Waals surface area contributed by atoms with E-state index in [1.807, 2.05) is 30.3 Å². The van der Waals surface area contributed by atoms with Gasteiger partial charge in [0.15, 0.2) is 0 Å². The zero-order chi connectivity index (χ0) is 16.1. The molecule has 2 atom stereocenters. The van der Waals surface area contributed by atoms with Gasteiger partial charge in [0.2, 0.25) is 5.91 Å². The molecule has 1 aromatic carbocycles. The second-order valence-corrected chi connectivity index (χ2v) is 5.48. The van der Waals surface area contributed by atoms with Gasteiger partial charge < -0.3 is 20.5 Å². The minimum Gasteiger partial charge on any atom is -0.487 e. The minimum absolute atomic E-state index is 0. The molecule has 1 fully saturated rings. The molecule has 0 aliphatic carbocycles. The number of anilines is 1. The van der Waals surface area contributed by atoms with Gasteiger partial charge in [-0.1, -0.05) is 12.1 Å². The number of nitrogens with one attached hydrogen (secondary N) is 2. The molecule has 2 heterocycles.